The van der Waals surface area contributed by atoms with Gasteiger partial charge in [0.25, 0.3) is 0 Å². The topological polar surface area (TPSA) is 67.2 Å². The first-order valence-corrected chi connectivity index (χ1v) is 9.39. The highest BCUT2D eigenvalue weighted by Crippen LogP contribution is 2.28. The molecule has 0 spiro atoms. The van der Waals surface area contributed by atoms with Gasteiger partial charge in [-0.15, -0.1) is 0 Å². The van der Waals surface area contributed by atoms with Crippen molar-refractivity contribution in [3.05, 3.63) is 41.8 Å². The molecule has 26 heavy (non-hydrogen) atoms. The third-order valence-electron chi connectivity index (χ3n) is 5.31. The second-order valence-electron chi connectivity index (χ2n) is 7.45. The molecule has 2 fully saturated rings. The van der Waals surface area contributed by atoms with Gasteiger partial charge in [-0.05, 0) is 74.9 Å². The summed E-state index contributed by atoms with van der Waals surface area (Å²) in [5.74, 6) is 1.28. The van der Waals surface area contributed by atoms with Crippen LogP contribution in [0.5, 0.6) is 0 Å². The number of nitrogens with zero attached hydrogens (tertiary/aromatic N) is 1. The molecule has 1 saturated heterocycles. The van der Waals surface area contributed by atoms with Crippen LogP contribution in [0.3, 0.4) is 0 Å². The predicted octanol–water partition coefficient (Wildman–Crippen LogP) is 2.92. The van der Waals surface area contributed by atoms with Crippen molar-refractivity contribution >= 4 is 5.91 Å². The first kappa shape index (κ1) is 17.2. The lowest BCUT2D eigenvalue weighted by atomic mass is 9.81. The minimum absolute atomic E-state index is 0.177. The van der Waals surface area contributed by atoms with E-state index in [0.717, 1.165) is 50.0 Å². The van der Waals surface area contributed by atoms with Crippen LogP contribution in [0.1, 0.15) is 31.4 Å². The van der Waals surface area contributed by atoms with E-state index >= 15 is 0 Å². The third-order valence-corrected chi connectivity index (χ3v) is 5.31. The van der Waals surface area contributed by atoms with Crippen LogP contribution >= 0.6 is 0 Å². The molecule has 0 radical (unpaired) electrons. The molecule has 1 aromatic carbocycles. The van der Waals surface area contributed by atoms with Crippen LogP contribution in [-0.2, 0) is 11.2 Å². The maximum absolute atomic E-state index is 13.1. The lowest BCUT2D eigenvalue weighted by Crippen LogP contribution is -2.40. The van der Waals surface area contributed by atoms with Crippen LogP contribution in [0.4, 0.5) is 4.39 Å². The number of hydrogen-bond donors (Lipinski definition) is 2. The molecule has 138 valence electrons. The van der Waals surface area contributed by atoms with Crippen LogP contribution in [-0.4, -0.2) is 30.2 Å². The molecule has 2 atom stereocenters. The summed E-state index contributed by atoms with van der Waals surface area (Å²) < 4.78 is 18.5. The minimum Gasteiger partial charge on any atom is -0.356 e. The Morgan fingerprint density at radius 1 is 1.23 bits per heavy atom. The number of rotatable bonds is 6. The molecule has 4 rings (SSSR count). The number of carbonyl (C=O) groups is 1. The summed E-state index contributed by atoms with van der Waals surface area (Å²) in [6.07, 6.45) is 4.61. The fourth-order valence-electron chi connectivity index (χ4n) is 3.66. The van der Waals surface area contributed by atoms with Crippen LogP contribution < -0.4 is 10.6 Å². The Bertz CT molecular complexity index is 755. The first-order chi connectivity index (χ1) is 12.7. The fraction of sp³-hybridized carbons (Fsp3) is 0.500. The number of nitrogens with one attached hydrogen (secondary N) is 2. The number of aromatic nitrogens is 1. The molecule has 0 bridgehead atoms. The minimum atomic E-state index is -0.269. The van der Waals surface area contributed by atoms with E-state index in [2.05, 4.69) is 15.8 Å². The largest absolute Gasteiger partial charge is 0.356 e. The molecule has 1 aliphatic carbocycles. The summed E-state index contributed by atoms with van der Waals surface area (Å²) in [6.45, 7) is 1.84. The van der Waals surface area contributed by atoms with E-state index in [1.54, 1.807) is 12.1 Å². The van der Waals surface area contributed by atoms with Crippen molar-refractivity contribution in [3.8, 4) is 11.3 Å². The monoisotopic (exact) mass is 357 g/mol. The van der Waals surface area contributed by atoms with Gasteiger partial charge in [0.1, 0.15) is 5.82 Å². The Kier molecular flexibility index (Phi) is 5.02. The summed E-state index contributed by atoms with van der Waals surface area (Å²) in [4.78, 5) is 12.2. The molecule has 0 unspecified atom stereocenters. The molecule has 2 aromatic rings. The zero-order valence-electron chi connectivity index (χ0n) is 14.7. The Hall–Kier alpha value is -2.21. The highest BCUT2D eigenvalue weighted by atomic mass is 19.1. The maximum Gasteiger partial charge on any atom is 0.220 e. The molecule has 5 nitrogen and oxygen atoms in total. The van der Waals surface area contributed by atoms with Crippen LogP contribution in [0.15, 0.2) is 34.9 Å². The molecule has 6 heteroatoms. The van der Waals surface area contributed by atoms with E-state index in [-0.39, 0.29) is 11.7 Å². The highest BCUT2D eigenvalue weighted by Gasteiger charge is 2.30. The van der Waals surface area contributed by atoms with Gasteiger partial charge in [-0.3, -0.25) is 4.79 Å². The molecule has 2 heterocycles. The third kappa shape index (κ3) is 4.30. The molecular formula is C20H24FN3O2. The Morgan fingerprint density at radius 3 is 2.81 bits per heavy atom. The maximum atomic E-state index is 13.1. The van der Waals surface area contributed by atoms with E-state index in [9.17, 15) is 9.18 Å². The number of piperidine rings is 1. The van der Waals surface area contributed by atoms with Crippen LogP contribution in [0.2, 0.25) is 0 Å². The zero-order valence-corrected chi connectivity index (χ0v) is 14.7. The van der Waals surface area contributed by atoms with Crippen molar-refractivity contribution < 1.29 is 13.7 Å². The van der Waals surface area contributed by atoms with Crippen molar-refractivity contribution in [1.29, 1.82) is 0 Å². The molecule has 1 saturated carbocycles. The molecule has 1 amide bonds. The second-order valence-corrected chi connectivity index (χ2v) is 7.45. The van der Waals surface area contributed by atoms with Crippen LogP contribution in [0, 0.1) is 17.7 Å². The van der Waals surface area contributed by atoms with Gasteiger partial charge in [0.15, 0.2) is 5.76 Å². The van der Waals surface area contributed by atoms with Crippen molar-refractivity contribution in [3.63, 3.8) is 0 Å². The number of benzene rings is 1. The molecule has 2 N–H and O–H groups in total. The number of hydrogen-bond acceptors (Lipinski definition) is 4. The van der Waals surface area contributed by atoms with E-state index in [1.807, 2.05) is 6.07 Å². The Labute approximate surface area is 152 Å². The van der Waals surface area contributed by atoms with E-state index in [1.165, 1.54) is 12.1 Å². The second kappa shape index (κ2) is 7.58. The standard InChI is InChI=1S/C20H24FN3O2/c21-16-3-1-13(2-4-16)19-11-18(24-26-19)9-15-12-22-8-7-14(15)10-20(25)23-17-5-6-17/h1-4,11,14-15,17,22H,5-10,12H2,(H,23,25)/t14-,15-/m0/s1. The van der Waals surface area contributed by atoms with Gasteiger partial charge in [0, 0.05) is 24.1 Å². The van der Waals surface area contributed by atoms with E-state index in [0.29, 0.717) is 30.1 Å². The van der Waals surface area contributed by atoms with Gasteiger partial charge >= 0.3 is 0 Å². The van der Waals surface area contributed by atoms with Gasteiger partial charge in [0.2, 0.25) is 5.91 Å². The quantitative estimate of drug-likeness (QED) is 0.834. The van der Waals surface area contributed by atoms with Crippen molar-refractivity contribution in [1.82, 2.24) is 15.8 Å². The summed E-state index contributed by atoms with van der Waals surface area (Å²) in [5.41, 5.74) is 1.69. The van der Waals surface area contributed by atoms with Crippen molar-refractivity contribution in [2.24, 2.45) is 11.8 Å². The zero-order chi connectivity index (χ0) is 17.9. The fourth-order valence-corrected chi connectivity index (χ4v) is 3.66. The molecular weight excluding hydrogens is 333 g/mol. The van der Waals surface area contributed by atoms with Gasteiger partial charge in [-0.25, -0.2) is 4.39 Å². The summed E-state index contributed by atoms with van der Waals surface area (Å²) in [5, 5.41) is 10.7. The smallest absolute Gasteiger partial charge is 0.220 e. The lowest BCUT2D eigenvalue weighted by Gasteiger charge is -2.31. The van der Waals surface area contributed by atoms with E-state index in [4.69, 9.17) is 4.52 Å². The Morgan fingerprint density at radius 2 is 2.04 bits per heavy atom. The first-order valence-electron chi connectivity index (χ1n) is 9.39. The van der Waals surface area contributed by atoms with Crippen molar-refractivity contribution in [2.45, 2.75) is 38.1 Å². The molecule has 1 aliphatic heterocycles. The summed E-state index contributed by atoms with van der Waals surface area (Å²) in [7, 11) is 0. The Balaban J connectivity index is 1.39. The molecule has 1 aromatic heterocycles. The lowest BCUT2D eigenvalue weighted by molar-refractivity contribution is -0.122. The average molecular weight is 357 g/mol. The average Bonchev–Trinajstić information content (AvgIpc) is 3.32. The van der Waals surface area contributed by atoms with Gasteiger partial charge in [0.05, 0.1) is 5.69 Å². The van der Waals surface area contributed by atoms with Crippen LogP contribution in [0.25, 0.3) is 11.3 Å². The number of amides is 1. The normalized spacial score (nSPS) is 23.0. The number of carbonyl (C=O) groups excluding carboxylic acids is 1. The van der Waals surface area contributed by atoms with Gasteiger partial charge < -0.3 is 15.2 Å². The highest BCUT2D eigenvalue weighted by molar-refractivity contribution is 5.76. The summed E-state index contributed by atoms with van der Waals surface area (Å²) >= 11 is 0. The van der Waals surface area contributed by atoms with Gasteiger partial charge in [-0.2, -0.15) is 0 Å². The van der Waals surface area contributed by atoms with Gasteiger partial charge in [-0.1, -0.05) is 5.16 Å². The summed E-state index contributed by atoms with van der Waals surface area (Å²) in [6, 6.07) is 8.54. The molecule has 2 aliphatic rings. The van der Waals surface area contributed by atoms with Crippen molar-refractivity contribution in [2.75, 3.05) is 13.1 Å². The number of halogens is 1. The SMILES string of the molecule is O=C(C[C@@H]1CCNC[C@@H]1Cc1cc(-c2ccc(F)cc2)on1)NC1CC1. The predicted molar refractivity (Wildman–Crippen MR) is 95.8 cm³/mol. The van der Waals surface area contributed by atoms with E-state index < -0.39 is 0 Å².